The van der Waals surface area contributed by atoms with Crippen LogP contribution in [0.25, 0.3) is 16.7 Å². The number of urea groups is 1. The number of nitrogens with zero attached hydrogens (tertiary/aromatic N) is 2. The van der Waals surface area contributed by atoms with E-state index in [1.807, 2.05) is 59.2 Å². The van der Waals surface area contributed by atoms with E-state index in [9.17, 15) is 9.59 Å². The van der Waals surface area contributed by atoms with Gasteiger partial charge in [0.15, 0.2) is 5.16 Å². The van der Waals surface area contributed by atoms with E-state index in [1.165, 1.54) is 11.8 Å². The standard InChI is InChI=1S/C18H18N4O2S/c1-2-19-17(24)21-16(23)12-25-18-20-14-10-6-7-11-15(14)22(18)13-8-4-3-5-9-13/h3-11H,2,12H2,1H3,(H2,19,21,23,24). The third-order valence-corrected chi connectivity index (χ3v) is 4.41. The number of fused-ring (bicyclic) bond motifs is 1. The zero-order chi connectivity index (χ0) is 17.6. The van der Waals surface area contributed by atoms with Gasteiger partial charge >= 0.3 is 6.03 Å². The first-order chi connectivity index (χ1) is 12.2. The van der Waals surface area contributed by atoms with Gasteiger partial charge in [-0.25, -0.2) is 9.78 Å². The van der Waals surface area contributed by atoms with Gasteiger partial charge < -0.3 is 5.32 Å². The van der Waals surface area contributed by atoms with E-state index >= 15 is 0 Å². The van der Waals surface area contributed by atoms with Crippen LogP contribution in [0, 0.1) is 0 Å². The van der Waals surface area contributed by atoms with Gasteiger partial charge in [0.25, 0.3) is 0 Å². The number of carbonyl (C=O) groups excluding carboxylic acids is 2. The van der Waals surface area contributed by atoms with E-state index < -0.39 is 6.03 Å². The van der Waals surface area contributed by atoms with Crippen LogP contribution in [0.4, 0.5) is 4.79 Å². The number of carbonyl (C=O) groups is 2. The number of hydrogen-bond donors (Lipinski definition) is 2. The predicted octanol–water partition coefficient (Wildman–Crippen LogP) is 2.96. The van der Waals surface area contributed by atoms with Crippen molar-refractivity contribution in [3.8, 4) is 5.69 Å². The van der Waals surface area contributed by atoms with Gasteiger partial charge in [-0.3, -0.25) is 14.7 Å². The lowest BCUT2D eigenvalue weighted by atomic mass is 10.3. The maximum absolute atomic E-state index is 11.9. The van der Waals surface area contributed by atoms with Crippen molar-refractivity contribution in [1.82, 2.24) is 20.2 Å². The molecule has 1 aromatic heterocycles. The van der Waals surface area contributed by atoms with E-state index in [2.05, 4.69) is 15.6 Å². The Morgan fingerprint density at radius 2 is 1.80 bits per heavy atom. The number of thioether (sulfide) groups is 1. The van der Waals surface area contributed by atoms with Gasteiger partial charge in [0, 0.05) is 12.2 Å². The highest BCUT2D eigenvalue weighted by atomic mass is 32.2. The molecule has 3 rings (SSSR count). The van der Waals surface area contributed by atoms with Crippen LogP contribution in [-0.2, 0) is 4.79 Å². The monoisotopic (exact) mass is 354 g/mol. The number of amides is 3. The van der Waals surface area contributed by atoms with Gasteiger partial charge in [-0.15, -0.1) is 0 Å². The molecule has 0 aliphatic heterocycles. The Kier molecular flexibility index (Phi) is 5.35. The predicted molar refractivity (Wildman–Crippen MR) is 99.0 cm³/mol. The van der Waals surface area contributed by atoms with Gasteiger partial charge in [-0.2, -0.15) is 0 Å². The fraction of sp³-hybridized carbons (Fsp3) is 0.167. The van der Waals surface area contributed by atoms with Crippen molar-refractivity contribution in [2.75, 3.05) is 12.3 Å². The summed E-state index contributed by atoms with van der Waals surface area (Å²) in [5.74, 6) is -0.254. The molecule has 0 unspecified atom stereocenters. The molecule has 0 bridgehead atoms. The molecule has 3 amide bonds. The molecule has 0 aliphatic rings. The summed E-state index contributed by atoms with van der Waals surface area (Å²) in [5.41, 5.74) is 2.81. The van der Waals surface area contributed by atoms with Crippen LogP contribution in [-0.4, -0.2) is 33.8 Å². The highest BCUT2D eigenvalue weighted by molar-refractivity contribution is 7.99. The molecule has 0 radical (unpaired) electrons. The molecule has 0 atom stereocenters. The Labute approximate surface area is 149 Å². The summed E-state index contributed by atoms with van der Waals surface area (Å²) in [6.45, 7) is 2.26. The van der Waals surface area contributed by atoms with Crippen molar-refractivity contribution >= 4 is 34.7 Å². The topological polar surface area (TPSA) is 76.0 Å². The van der Waals surface area contributed by atoms with Gasteiger partial charge in [0.05, 0.1) is 16.8 Å². The summed E-state index contributed by atoms with van der Waals surface area (Å²) in [5, 5.41) is 5.54. The lowest BCUT2D eigenvalue weighted by molar-refractivity contribution is -0.117. The molecular formula is C18H18N4O2S. The van der Waals surface area contributed by atoms with Crippen LogP contribution >= 0.6 is 11.8 Å². The average molecular weight is 354 g/mol. The lowest BCUT2D eigenvalue weighted by Crippen LogP contribution is -2.40. The average Bonchev–Trinajstić information content (AvgIpc) is 2.99. The van der Waals surface area contributed by atoms with E-state index in [0.29, 0.717) is 11.7 Å². The number of para-hydroxylation sites is 3. The minimum absolute atomic E-state index is 0.104. The highest BCUT2D eigenvalue weighted by Gasteiger charge is 2.15. The molecule has 128 valence electrons. The largest absolute Gasteiger partial charge is 0.338 e. The number of benzene rings is 2. The molecule has 25 heavy (non-hydrogen) atoms. The number of hydrogen-bond acceptors (Lipinski definition) is 4. The smallest absolute Gasteiger partial charge is 0.321 e. The van der Waals surface area contributed by atoms with E-state index in [4.69, 9.17) is 0 Å². The fourth-order valence-electron chi connectivity index (χ4n) is 2.42. The molecule has 0 aliphatic carbocycles. The zero-order valence-corrected chi connectivity index (χ0v) is 14.5. The third-order valence-electron chi connectivity index (χ3n) is 3.47. The highest BCUT2D eigenvalue weighted by Crippen LogP contribution is 2.27. The number of nitrogens with one attached hydrogen (secondary N) is 2. The van der Waals surface area contributed by atoms with Crippen LogP contribution < -0.4 is 10.6 Å². The van der Waals surface area contributed by atoms with Gasteiger partial charge in [0.1, 0.15) is 0 Å². The van der Waals surface area contributed by atoms with Crippen molar-refractivity contribution in [3.63, 3.8) is 0 Å². The summed E-state index contributed by atoms with van der Waals surface area (Å²) < 4.78 is 2.01. The molecule has 0 saturated carbocycles. The van der Waals surface area contributed by atoms with Crippen molar-refractivity contribution in [3.05, 3.63) is 54.6 Å². The van der Waals surface area contributed by atoms with E-state index in [-0.39, 0.29) is 11.7 Å². The maximum Gasteiger partial charge on any atom is 0.321 e. The summed E-state index contributed by atoms with van der Waals surface area (Å²) in [6, 6.07) is 17.2. The first kappa shape index (κ1) is 17.0. The van der Waals surface area contributed by atoms with Crippen molar-refractivity contribution in [1.29, 1.82) is 0 Å². The Morgan fingerprint density at radius 3 is 2.56 bits per heavy atom. The second-order valence-corrected chi connectivity index (χ2v) is 6.19. The molecule has 6 nitrogen and oxygen atoms in total. The zero-order valence-electron chi connectivity index (χ0n) is 13.7. The molecule has 7 heteroatoms. The second-order valence-electron chi connectivity index (χ2n) is 5.25. The van der Waals surface area contributed by atoms with Crippen LogP contribution in [0.5, 0.6) is 0 Å². The normalized spacial score (nSPS) is 10.6. The molecule has 2 aromatic carbocycles. The van der Waals surface area contributed by atoms with Gasteiger partial charge in [0.2, 0.25) is 5.91 Å². The first-order valence-corrected chi connectivity index (χ1v) is 8.91. The SMILES string of the molecule is CCNC(=O)NC(=O)CSc1nc2ccccc2n1-c1ccccc1. The second kappa shape index (κ2) is 7.85. The van der Waals surface area contributed by atoms with Crippen LogP contribution in [0.2, 0.25) is 0 Å². The molecular weight excluding hydrogens is 336 g/mol. The van der Waals surface area contributed by atoms with Crippen molar-refractivity contribution in [2.24, 2.45) is 0 Å². The summed E-state index contributed by atoms with van der Waals surface area (Å²) in [6.07, 6.45) is 0. The fourth-order valence-corrected chi connectivity index (χ4v) is 3.25. The van der Waals surface area contributed by atoms with Crippen LogP contribution in [0.1, 0.15) is 6.92 Å². The lowest BCUT2D eigenvalue weighted by Gasteiger charge is -2.09. The van der Waals surface area contributed by atoms with Gasteiger partial charge in [-0.1, -0.05) is 42.1 Å². The maximum atomic E-state index is 11.9. The molecule has 1 heterocycles. The Bertz CT molecular complexity index is 892. The third kappa shape index (κ3) is 4.00. The Hall–Kier alpha value is -2.80. The molecule has 0 spiro atoms. The van der Waals surface area contributed by atoms with Gasteiger partial charge in [-0.05, 0) is 31.2 Å². The number of rotatable bonds is 5. The molecule has 0 saturated heterocycles. The number of imidazole rings is 1. The van der Waals surface area contributed by atoms with Crippen molar-refractivity contribution < 1.29 is 9.59 Å². The van der Waals surface area contributed by atoms with Crippen LogP contribution in [0.15, 0.2) is 59.8 Å². The summed E-state index contributed by atoms with van der Waals surface area (Å²) >= 11 is 1.30. The van der Waals surface area contributed by atoms with Crippen LogP contribution in [0.3, 0.4) is 0 Å². The van der Waals surface area contributed by atoms with Crippen molar-refractivity contribution in [2.45, 2.75) is 12.1 Å². The first-order valence-electron chi connectivity index (χ1n) is 7.92. The Balaban J connectivity index is 1.84. The van der Waals surface area contributed by atoms with E-state index in [1.54, 1.807) is 6.92 Å². The molecule has 3 aromatic rings. The summed E-state index contributed by atoms with van der Waals surface area (Å²) in [4.78, 5) is 28.0. The molecule has 2 N–H and O–H groups in total. The van der Waals surface area contributed by atoms with E-state index in [0.717, 1.165) is 16.7 Å². The quantitative estimate of drug-likeness (QED) is 0.691. The summed E-state index contributed by atoms with van der Waals surface area (Å²) in [7, 11) is 0. The number of imide groups is 1. The Morgan fingerprint density at radius 1 is 1.08 bits per heavy atom. The minimum atomic E-state index is -0.482. The molecule has 0 fully saturated rings. The minimum Gasteiger partial charge on any atom is -0.338 e. The number of aromatic nitrogens is 2.